The van der Waals surface area contributed by atoms with Gasteiger partial charge in [0.1, 0.15) is 0 Å². The normalized spacial score (nSPS) is 39.5. The molecule has 0 N–H and O–H groups in total. The van der Waals surface area contributed by atoms with Crippen LogP contribution in [0.3, 0.4) is 0 Å². The summed E-state index contributed by atoms with van der Waals surface area (Å²) in [6, 6.07) is 0.488. The third-order valence-electron chi connectivity index (χ3n) is 5.46. The lowest BCUT2D eigenvalue weighted by Crippen LogP contribution is -2.58. The van der Waals surface area contributed by atoms with Crippen molar-refractivity contribution >= 4 is 0 Å². The first kappa shape index (κ1) is 14.3. The second kappa shape index (κ2) is 6.88. The number of ether oxygens (including phenoxy) is 1. The van der Waals surface area contributed by atoms with Gasteiger partial charge in [0, 0.05) is 0 Å². The predicted molar refractivity (Wildman–Crippen MR) is 79.3 cm³/mol. The summed E-state index contributed by atoms with van der Waals surface area (Å²) in [4.78, 5) is 11.5. The first-order valence-corrected chi connectivity index (χ1v) is 8.67. The summed E-state index contributed by atoms with van der Waals surface area (Å²) in [5.74, 6) is 0. The minimum Gasteiger partial charge on any atom is -0.371 e. The number of nitrogens with zero attached hydrogens (tertiary/aromatic N) is 2. The van der Waals surface area contributed by atoms with E-state index in [9.17, 15) is 4.91 Å². The molecule has 114 valence electrons. The van der Waals surface area contributed by atoms with Gasteiger partial charge < -0.3 is 4.74 Å². The van der Waals surface area contributed by atoms with E-state index in [1.165, 1.54) is 51.4 Å². The molecule has 0 amide bonds. The van der Waals surface area contributed by atoms with E-state index in [0.29, 0.717) is 0 Å². The van der Waals surface area contributed by atoms with Crippen LogP contribution < -0.4 is 0 Å². The molecule has 3 aliphatic rings. The number of fused-ring (bicyclic) bond motifs is 2. The molecular formula is C16H28N2O2. The predicted octanol–water partition coefficient (Wildman–Crippen LogP) is 4.18. The summed E-state index contributed by atoms with van der Waals surface area (Å²) in [6.07, 6.45) is 15.0. The summed E-state index contributed by atoms with van der Waals surface area (Å²) in [6.45, 7) is 0. The molecule has 3 fully saturated rings. The van der Waals surface area contributed by atoms with Crippen LogP contribution in [0.4, 0.5) is 0 Å². The zero-order valence-corrected chi connectivity index (χ0v) is 12.5. The van der Waals surface area contributed by atoms with E-state index >= 15 is 0 Å². The van der Waals surface area contributed by atoms with E-state index in [1.54, 1.807) is 0 Å². The van der Waals surface area contributed by atoms with Crippen LogP contribution >= 0.6 is 0 Å². The van der Waals surface area contributed by atoms with Crippen molar-refractivity contribution in [2.45, 2.75) is 101 Å². The standard InChI is InChI=1S/C16H28N2O2/c19-17-18-13-9-5-1-3-7-11-15(13)20-16-12-8-4-2-6-10-14(16)18/h13-16H,1-12H2. The van der Waals surface area contributed by atoms with Gasteiger partial charge in [0.05, 0.1) is 29.6 Å². The van der Waals surface area contributed by atoms with Crippen molar-refractivity contribution in [1.29, 1.82) is 0 Å². The van der Waals surface area contributed by atoms with Crippen molar-refractivity contribution in [3.8, 4) is 0 Å². The van der Waals surface area contributed by atoms with Crippen molar-refractivity contribution < 1.29 is 4.74 Å². The highest BCUT2D eigenvalue weighted by molar-refractivity contribution is 4.94. The zero-order valence-electron chi connectivity index (χ0n) is 12.5. The van der Waals surface area contributed by atoms with Crippen molar-refractivity contribution in [2.24, 2.45) is 5.29 Å². The molecule has 0 aromatic heterocycles. The number of morpholine rings is 1. The smallest absolute Gasteiger partial charge is 0.0801 e. The summed E-state index contributed by atoms with van der Waals surface area (Å²) in [5.41, 5.74) is 0. The Morgan fingerprint density at radius 3 is 1.60 bits per heavy atom. The van der Waals surface area contributed by atoms with E-state index < -0.39 is 0 Å². The van der Waals surface area contributed by atoms with E-state index in [1.807, 2.05) is 5.01 Å². The number of hydrogen-bond acceptors (Lipinski definition) is 3. The molecule has 0 spiro atoms. The van der Waals surface area contributed by atoms with Crippen molar-refractivity contribution in [1.82, 2.24) is 5.01 Å². The Bertz CT molecular complexity index is 298. The number of rotatable bonds is 1. The summed E-state index contributed by atoms with van der Waals surface area (Å²) >= 11 is 0. The maximum atomic E-state index is 11.5. The first-order valence-electron chi connectivity index (χ1n) is 8.67. The van der Waals surface area contributed by atoms with Gasteiger partial charge in [-0.3, -0.25) is 0 Å². The first-order chi connectivity index (χ1) is 9.90. The maximum absolute atomic E-state index is 11.5. The van der Waals surface area contributed by atoms with Gasteiger partial charge in [-0.05, 0) is 25.7 Å². The van der Waals surface area contributed by atoms with Crippen LogP contribution in [0.15, 0.2) is 5.29 Å². The Hall–Kier alpha value is -0.640. The quantitative estimate of drug-likeness (QED) is 0.676. The van der Waals surface area contributed by atoms with Gasteiger partial charge in [0.15, 0.2) is 0 Å². The highest BCUT2D eigenvalue weighted by atomic mass is 16.5. The van der Waals surface area contributed by atoms with Crippen LogP contribution in [0, 0.1) is 4.91 Å². The summed E-state index contributed by atoms with van der Waals surface area (Å²) in [5, 5.41) is 5.39. The van der Waals surface area contributed by atoms with Crippen LogP contribution in [-0.4, -0.2) is 29.3 Å². The van der Waals surface area contributed by atoms with Crippen molar-refractivity contribution in [3.63, 3.8) is 0 Å². The van der Waals surface area contributed by atoms with Gasteiger partial charge in [-0.25, -0.2) is 5.01 Å². The van der Waals surface area contributed by atoms with Gasteiger partial charge in [-0.15, -0.1) is 4.91 Å². The molecule has 4 nitrogen and oxygen atoms in total. The minimum atomic E-state index is 0.244. The van der Waals surface area contributed by atoms with E-state index in [0.717, 1.165) is 25.7 Å². The van der Waals surface area contributed by atoms with Gasteiger partial charge in [0.25, 0.3) is 0 Å². The van der Waals surface area contributed by atoms with Crippen LogP contribution in [0.2, 0.25) is 0 Å². The van der Waals surface area contributed by atoms with E-state index in [2.05, 4.69) is 5.29 Å². The summed E-state index contributed by atoms with van der Waals surface area (Å²) in [7, 11) is 0. The third kappa shape index (κ3) is 3.00. The molecule has 4 unspecified atom stereocenters. The molecule has 0 aromatic rings. The monoisotopic (exact) mass is 280 g/mol. The fourth-order valence-corrected chi connectivity index (χ4v) is 4.38. The fourth-order valence-electron chi connectivity index (χ4n) is 4.38. The molecule has 2 saturated carbocycles. The average molecular weight is 280 g/mol. The average Bonchev–Trinajstić information content (AvgIpc) is 2.40. The SMILES string of the molecule is O=NN1C2CCCCCCC2OC2CCCCCCC21. The lowest BCUT2D eigenvalue weighted by Gasteiger charge is -2.48. The Labute approximate surface area is 122 Å². The maximum Gasteiger partial charge on any atom is 0.0801 e. The Morgan fingerprint density at radius 2 is 1.15 bits per heavy atom. The van der Waals surface area contributed by atoms with E-state index in [4.69, 9.17) is 4.74 Å². The molecule has 0 radical (unpaired) electrons. The van der Waals surface area contributed by atoms with Crippen LogP contribution in [0.5, 0.6) is 0 Å². The van der Waals surface area contributed by atoms with Crippen molar-refractivity contribution in [3.05, 3.63) is 4.91 Å². The molecule has 4 atom stereocenters. The Kier molecular flexibility index (Phi) is 4.92. The summed E-state index contributed by atoms with van der Waals surface area (Å²) < 4.78 is 6.46. The van der Waals surface area contributed by atoms with E-state index in [-0.39, 0.29) is 24.3 Å². The van der Waals surface area contributed by atoms with Crippen LogP contribution in [-0.2, 0) is 4.74 Å². The molecule has 1 aliphatic heterocycles. The number of nitroso groups, excluding NO2 is 1. The molecular weight excluding hydrogens is 252 g/mol. The second-order valence-corrected chi connectivity index (χ2v) is 6.79. The second-order valence-electron chi connectivity index (χ2n) is 6.79. The third-order valence-corrected chi connectivity index (χ3v) is 5.46. The molecule has 4 heteroatoms. The molecule has 20 heavy (non-hydrogen) atoms. The molecule has 1 saturated heterocycles. The van der Waals surface area contributed by atoms with Crippen molar-refractivity contribution in [2.75, 3.05) is 0 Å². The van der Waals surface area contributed by atoms with Crippen LogP contribution in [0.25, 0.3) is 0 Å². The Morgan fingerprint density at radius 1 is 0.700 bits per heavy atom. The lowest BCUT2D eigenvalue weighted by atomic mass is 9.86. The minimum absolute atomic E-state index is 0.244. The Balaban J connectivity index is 1.77. The molecule has 2 aliphatic carbocycles. The largest absolute Gasteiger partial charge is 0.371 e. The highest BCUT2D eigenvalue weighted by Crippen LogP contribution is 2.36. The van der Waals surface area contributed by atoms with Gasteiger partial charge in [0.2, 0.25) is 0 Å². The highest BCUT2D eigenvalue weighted by Gasteiger charge is 2.43. The molecule has 1 heterocycles. The van der Waals surface area contributed by atoms with Gasteiger partial charge in [-0.1, -0.05) is 51.4 Å². The fraction of sp³-hybridized carbons (Fsp3) is 1.00. The van der Waals surface area contributed by atoms with Crippen LogP contribution in [0.1, 0.15) is 77.0 Å². The van der Waals surface area contributed by atoms with Gasteiger partial charge >= 0.3 is 0 Å². The zero-order chi connectivity index (χ0) is 13.8. The molecule has 0 bridgehead atoms. The molecule has 3 rings (SSSR count). The molecule has 0 aromatic carbocycles. The lowest BCUT2D eigenvalue weighted by molar-refractivity contribution is -0.165. The van der Waals surface area contributed by atoms with Gasteiger partial charge in [-0.2, -0.15) is 0 Å². The number of hydrogen-bond donors (Lipinski definition) is 0. The topological polar surface area (TPSA) is 41.9 Å².